The molecule has 1 fully saturated rings. The van der Waals surface area contributed by atoms with Crippen molar-refractivity contribution in [1.82, 2.24) is 14.9 Å². The molecule has 1 aliphatic rings. The van der Waals surface area contributed by atoms with E-state index < -0.39 is 0 Å². The van der Waals surface area contributed by atoms with Crippen LogP contribution in [0.5, 0.6) is 0 Å². The molecule has 2 aromatic heterocycles. The zero-order chi connectivity index (χ0) is 20.4. The predicted molar refractivity (Wildman–Crippen MR) is 118 cm³/mol. The van der Waals surface area contributed by atoms with Gasteiger partial charge in [0.2, 0.25) is 5.91 Å². The zero-order valence-electron chi connectivity index (χ0n) is 16.6. The van der Waals surface area contributed by atoms with E-state index in [0.29, 0.717) is 18.8 Å². The second-order valence-corrected chi connectivity index (χ2v) is 9.48. The van der Waals surface area contributed by atoms with Crippen LogP contribution >= 0.6 is 23.1 Å². The van der Waals surface area contributed by atoms with Gasteiger partial charge in [-0.15, -0.1) is 11.3 Å². The van der Waals surface area contributed by atoms with Gasteiger partial charge in [0.05, 0.1) is 5.75 Å². The van der Waals surface area contributed by atoms with E-state index >= 15 is 0 Å². The Hall–Kier alpha value is -2.25. The van der Waals surface area contributed by atoms with Crippen molar-refractivity contribution in [3.05, 3.63) is 52.7 Å². The number of hydrogen-bond donors (Lipinski definition) is 0. The van der Waals surface area contributed by atoms with Gasteiger partial charge in [-0.1, -0.05) is 42.1 Å². The Labute approximate surface area is 178 Å². The Morgan fingerprint density at radius 2 is 1.86 bits per heavy atom. The van der Waals surface area contributed by atoms with Gasteiger partial charge >= 0.3 is 0 Å². The first kappa shape index (κ1) is 20.0. The van der Waals surface area contributed by atoms with Crippen molar-refractivity contribution in [2.45, 2.75) is 31.7 Å². The summed E-state index contributed by atoms with van der Waals surface area (Å²) in [7, 11) is 0. The summed E-state index contributed by atoms with van der Waals surface area (Å²) in [5, 5.41) is 1.94. The smallest absolute Gasteiger partial charge is 0.232 e. The fraction of sp³-hybridized carbons (Fsp3) is 0.364. The van der Waals surface area contributed by atoms with Crippen LogP contribution in [0.4, 0.5) is 0 Å². The highest BCUT2D eigenvalue weighted by Crippen LogP contribution is 2.34. The van der Waals surface area contributed by atoms with Gasteiger partial charge in [0.1, 0.15) is 16.2 Å². The first-order chi connectivity index (χ1) is 14.0. The van der Waals surface area contributed by atoms with E-state index in [1.165, 1.54) is 22.2 Å². The number of piperidine rings is 1. The van der Waals surface area contributed by atoms with Crippen molar-refractivity contribution in [1.29, 1.82) is 0 Å². The van der Waals surface area contributed by atoms with Gasteiger partial charge in [-0.25, -0.2) is 9.97 Å². The molecular formula is C22H23N3O2S2. The lowest BCUT2D eigenvalue weighted by Crippen LogP contribution is -2.41. The minimum Gasteiger partial charge on any atom is -0.342 e. The van der Waals surface area contributed by atoms with E-state index in [1.54, 1.807) is 17.7 Å². The number of hydrogen-bond acceptors (Lipinski definition) is 6. The topological polar surface area (TPSA) is 63.2 Å². The van der Waals surface area contributed by atoms with Crippen LogP contribution in [0, 0.1) is 19.8 Å². The number of Topliss-reactive ketones (excluding diaryl/α,β-unsaturated/α-hetero) is 1. The molecule has 1 amide bonds. The number of thiophene rings is 1. The Morgan fingerprint density at radius 1 is 1.14 bits per heavy atom. The summed E-state index contributed by atoms with van der Waals surface area (Å²) in [6, 6.07) is 9.44. The fourth-order valence-electron chi connectivity index (χ4n) is 3.71. The number of rotatable bonds is 5. The van der Waals surface area contributed by atoms with Gasteiger partial charge in [0, 0.05) is 34.8 Å². The SMILES string of the molecule is Cc1sc2ncnc(SCC(=O)N3CCC(C(=O)c4ccccc4)CC3)c2c1C. The highest BCUT2D eigenvalue weighted by atomic mass is 32.2. The molecule has 0 N–H and O–H groups in total. The number of benzene rings is 1. The number of amides is 1. The summed E-state index contributed by atoms with van der Waals surface area (Å²) in [6.07, 6.45) is 3.03. The molecule has 0 aliphatic carbocycles. The number of aryl methyl sites for hydroxylation is 2. The van der Waals surface area contributed by atoms with Crippen LogP contribution in [0.15, 0.2) is 41.7 Å². The molecule has 0 atom stereocenters. The lowest BCUT2D eigenvalue weighted by molar-refractivity contribution is -0.129. The summed E-state index contributed by atoms with van der Waals surface area (Å²) < 4.78 is 0. The van der Waals surface area contributed by atoms with Crippen LogP contribution in [-0.4, -0.2) is 45.4 Å². The molecular weight excluding hydrogens is 402 g/mol. The quantitative estimate of drug-likeness (QED) is 0.342. The maximum Gasteiger partial charge on any atom is 0.232 e. The maximum atomic E-state index is 12.7. The van der Waals surface area contributed by atoms with Crippen molar-refractivity contribution in [2.75, 3.05) is 18.8 Å². The van der Waals surface area contributed by atoms with Gasteiger partial charge in [-0.3, -0.25) is 9.59 Å². The van der Waals surface area contributed by atoms with Gasteiger partial charge < -0.3 is 4.90 Å². The second-order valence-electron chi connectivity index (χ2n) is 7.32. The third-order valence-electron chi connectivity index (χ3n) is 5.54. The summed E-state index contributed by atoms with van der Waals surface area (Å²) in [6.45, 7) is 5.44. The monoisotopic (exact) mass is 425 g/mol. The molecule has 0 saturated carbocycles. The Balaban J connectivity index is 1.35. The maximum absolute atomic E-state index is 12.7. The van der Waals surface area contributed by atoms with E-state index in [2.05, 4.69) is 23.8 Å². The number of thioether (sulfide) groups is 1. The minimum atomic E-state index is 0.00650. The van der Waals surface area contributed by atoms with Crippen LogP contribution in [0.2, 0.25) is 0 Å². The third-order valence-corrected chi connectivity index (χ3v) is 7.63. The van der Waals surface area contributed by atoms with Crippen LogP contribution in [-0.2, 0) is 4.79 Å². The number of aromatic nitrogens is 2. The molecule has 7 heteroatoms. The largest absolute Gasteiger partial charge is 0.342 e. The molecule has 1 saturated heterocycles. The van der Waals surface area contributed by atoms with Gasteiger partial charge in [-0.2, -0.15) is 0 Å². The molecule has 3 aromatic rings. The molecule has 0 bridgehead atoms. The predicted octanol–water partition coefficient (Wildman–Crippen LogP) is 4.52. The Morgan fingerprint density at radius 3 is 2.59 bits per heavy atom. The number of nitrogens with zero attached hydrogens (tertiary/aromatic N) is 3. The van der Waals surface area contributed by atoms with Crippen molar-refractivity contribution in [3.63, 3.8) is 0 Å². The second kappa shape index (κ2) is 8.63. The Kier molecular flexibility index (Phi) is 5.96. The van der Waals surface area contributed by atoms with Crippen molar-refractivity contribution in [2.24, 2.45) is 5.92 Å². The summed E-state index contributed by atoms with van der Waals surface area (Å²) in [5.74, 6) is 0.667. The van der Waals surface area contributed by atoms with Crippen molar-refractivity contribution < 1.29 is 9.59 Å². The highest BCUT2D eigenvalue weighted by molar-refractivity contribution is 8.00. The van der Waals surface area contributed by atoms with Crippen LogP contribution < -0.4 is 0 Å². The molecule has 0 unspecified atom stereocenters. The molecule has 1 aliphatic heterocycles. The van der Waals surface area contributed by atoms with Gasteiger partial charge in [-0.05, 0) is 32.3 Å². The van der Waals surface area contributed by atoms with E-state index in [-0.39, 0.29) is 17.6 Å². The summed E-state index contributed by atoms with van der Waals surface area (Å²) in [4.78, 5) is 38.2. The molecule has 3 heterocycles. The van der Waals surface area contributed by atoms with E-state index in [9.17, 15) is 9.59 Å². The number of fused-ring (bicyclic) bond motifs is 1. The first-order valence-electron chi connectivity index (χ1n) is 9.75. The lowest BCUT2D eigenvalue weighted by Gasteiger charge is -2.31. The standard InChI is InChI=1S/C22H23N3O2S2/c1-14-15(2)29-22-19(14)21(23-13-24-22)28-12-18(26)25-10-8-17(9-11-25)20(27)16-6-4-3-5-7-16/h3-7,13,17H,8-12H2,1-2H3. The van der Waals surface area contributed by atoms with Crippen molar-refractivity contribution >= 4 is 45.0 Å². The van der Waals surface area contributed by atoms with Gasteiger partial charge in [0.25, 0.3) is 0 Å². The molecule has 0 radical (unpaired) electrons. The number of carbonyl (C=O) groups is 2. The minimum absolute atomic E-state index is 0.00650. The average Bonchev–Trinajstić information content (AvgIpc) is 3.06. The molecule has 1 aromatic carbocycles. The Bertz CT molecular complexity index is 1040. The van der Waals surface area contributed by atoms with Crippen LogP contribution in [0.3, 0.4) is 0 Å². The summed E-state index contributed by atoms with van der Waals surface area (Å²) >= 11 is 3.15. The van der Waals surface area contributed by atoms with E-state index in [1.807, 2.05) is 35.2 Å². The zero-order valence-corrected chi connectivity index (χ0v) is 18.2. The first-order valence-corrected chi connectivity index (χ1v) is 11.6. The normalized spacial score (nSPS) is 15.0. The van der Waals surface area contributed by atoms with Gasteiger partial charge in [0.15, 0.2) is 5.78 Å². The third kappa shape index (κ3) is 4.21. The molecule has 4 rings (SSSR count). The molecule has 0 spiro atoms. The average molecular weight is 426 g/mol. The number of carbonyl (C=O) groups excluding carboxylic acids is 2. The number of likely N-dealkylation sites (tertiary alicyclic amines) is 1. The van der Waals surface area contributed by atoms with E-state index in [0.717, 1.165) is 33.6 Å². The number of ketones is 1. The molecule has 150 valence electrons. The summed E-state index contributed by atoms with van der Waals surface area (Å²) in [5.41, 5.74) is 1.96. The molecule has 29 heavy (non-hydrogen) atoms. The lowest BCUT2D eigenvalue weighted by atomic mass is 9.89. The molecule has 5 nitrogen and oxygen atoms in total. The van der Waals surface area contributed by atoms with Crippen molar-refractivity contribution in [3.8, 4) is 0 Å². The fourth-order valence-corrected chi connectivity index (χ4v) is 5.73. The highest BCUT2D eigenvalue weighted by Gasteiger charge is 2.28. The van der Waals surface area contributed by atoms with E-state index in [4.69, 9.17) is 0 Å². The van der Waals surface area contributed by atoms with Crippen LogP contribution in [0.1, 0.15) is 33.6 Å². The van der Waals surface area contributed by atoms with Crippen LogP contribution in [0.25, 0.3) is 10.2 Å².